The van der Waals surface area contributed by atoms with Gasteiger partial charge in [-0.25, -0.2) is 17.5 Å². The maximum absolute atomic E-state index is 13.9. The van der Waals surface area contributed by atoms with Crippen molar-refractivity contribution in [2.75, 3.05) is 12.3 Å². The molecular formula is C14H18ClFN2O2S. The Hall–Kier alpha value is -0.850. The standard InChI is InChI=1S/C14H18ClFN2O2S/c15-10-5-12(17)14(16)13(6-10)21(19,20)18-7-11(8-1-2-8)9-3-4-9/h5-6,8-9,11,18H,1-4,7,17H2. The summed E-state index contributed by atoms with van der Waals surface area (Å²) in [6, 6.07) is 2.30. The zero-order chi connectivity index (χ0) is 15.2. The molecule has 1 aromatic carbocycles. The summed E-state index contributed by atoms with van der Waals surface area (Å²) in [6.45, 7) is 0.365. The lowest BCUT2D eigenvalue weighted by molar-refractivity contribution is 0.401. The zero-order valence-electron chi connectivity index (χ0n) is 11.5. The van der Waals surface area contributed by atoms with Crippen LogP contribution in [0.25, 0.3) is 0 Å². The number of hydrogen-bond acceptors (Lipinski definition) is 3. The van der Waals surface area contributed by atoms with Gasteiger partial charge >= 0.3 is 0 Å². The van der Waals surface area contributed by atoms with Gasteiger partial charge in [-0.15, -0.1) is 0 Å². The lowest BCUT2D eigenvalue weighted by Crippen LogP contribution is -2.31. The van der Waals surface area contributed by atoms with E-state index in [1.54, 1.807) is 0 Å². The second kappa shape index (κ2) is 5.41. The monoisotopic (exact) mass is 332 g/mol. The highest BCUT2D eigenvalue weighted by molar-refractivity contribution is 7.89. The second-order valence-electron chi connectivity index (χ2n) is 6.00. The summed E-state index contributed by atoms with van der Waals surface area (Å²) in [5, 5.41) is 0.107. The number of nitrogens with two attached hydrogens (primary N) is 1. The maximum Gasteiger partial charge on any atom is 0.243 e. The summed E-state index contributed by atoms with van der Waals surface area (Å²) in [5.74, 6) is 0.671. The van der Waals surface area contributed by atoms with Crippen LogP contribution in [0.2, 0.25) is 5.02 Å². The first-order valence-electron chi connectivity index (χ1n) is 7.12. The van der Waals surface area contributed by atoms with E-state index in [-0.39, 0.29) is 10.7 Å². The number of hydrogen-bond donors (Lipinski definition) is 2. The fourth-order valence-electron chi connectivity index (χ4n) is 2.83. The minimum absolute atomic E-state index is 0.107. The van der Waals surface area contributed by atoms with Gasteiger partial charge in [0, 0.05) is 11.6 Å². The van der Waals surface area contributed by atoms with Gasteiger partial charge in [0.15, 0.2) is 5.82 Å². The highest BCUT2D eigenvalue weighted by Gasteiger charge is 2.41. The first-order valence-corrected chi connectivity index (χ1v) is 8.99. The number of anilines is 1. The quantitative estimate of drug-likeness (QED) is 0.787. The molecular weight excluding hydrogens is 315 g/mol. The van der Waals surface area contributed by atoms with E-state index in [1.807, 2.05) is 0 Å². The molecule has 21 heavy (non-hydrogen) atoms. The first kappa shape index (κ1) is 15.1. The van der Waals surface area contributed by atoms with E-state index in [2.05, 4.69) is 4.72 Å². The molecule has 116 valence electrons. The molecule has 0 aliphatic heterocycles. The number of nitrogen functional groups attached to an aromatic ring is 1. The van der Waals surface area contributed by atoms with Gasteiger partial charge in [0.1, 0.15) is 4.90 Å². The minimum Gasteiger partial charge on any atom is -0.396 e. The van der Waals surface area contributed by atoms with Crippen molar-refractivity contribution in [1.82, 2.24) is 4.72 Å². The van der Waals surface area contributed by atoms with Crippen LogP contribution in [0.5, 0.6) is 0 Å². The smallest absolute Gasteiger partial charge is 0.243 e. The van der Waals surface area contributed by atoms with E-state index in [0.717, 1.165) is 6.07 Å². The van der Waals surface area contributed by atoms with E-state index >= 15 is 0 Å². The molecule has 4 nitrogen and oxygen atoms in total. The number of sulfonamides is 1. The molecule has 2 saturated carbocycles. The van der Waals surface area contributed by atoms with Crippen molar-refractivity contribution in [1.29, 1.82) is 0 Å². The molecule has 0 radical (unpaired) electrons. The van der Waals surface area contributed by atoms with Gasteiger partial charge in [-0.2, -0.15) is 0 Å². The van der Waals surface area contributed by atoms with Gasteiger partial charge < -0.3 is 5.73 Å². The number of rotatable bonds is 6. The molecule has 2 aliphatic carbocycles. The highest BCUT2D eigenvalue weighted by atomic mass is 35.5. The number of halogens is 2. The van der Waals surface area contributed by atoms with E-state index in [0.29, 0.717) is 24.3 Å². The van der Waals surface area contributed by atoms with E-state index in [9.17, 15) is 12.8 Å². The SMILES string of the molecule is Nc1cc(Cl)cc(S(=O)(=O)NCC(C2CC2)C2CC2)c1F. The van der Waals surface area contributed by atoms with E-state index in [1.165, 1.54) is 31.7 Å². The van der Waals surface area contributed by atoms with Crippen molar-refractivity contribution in [3.05, 3.63) is 23.0 Å². The van der Waals surface area contributed by atoms with Crippen LogP contribution in [0.3, 0.4) is 0 Å². The second-order valence-corrected chi connectivity index (χ2v) is 8.17. The van der Waals surface area contributed by atoms with Crippen LogP contribution < -0.4 is 10.5 Å². The van der Waals surface area contributed by atoms with Gasteiger partial charge in [0.05, 0.1) is 5.69 Å². The number of benzene rings is 1. The zero-order valence-corrected chi connectivity index (χ0v) is 13.1. The topological polar surface area (TPSA) is 72.2 Å². The normalized spacial score (nSPS) is 19.2. The van der Waals surface area contributed by atoms with Crippen molar-refractivity contribution in [2.24, 2.45) is 17.8 Å². The van der Waals surface area contributed by atoms with Gasteiger partial charge in [0.25, 0.3) is 0 Å². The molecule has 0 saturated heterocycles. The Morgan fingerprint density at radius 1 is 1.29 bits per heavy atom. The average Bonchev–Trinajstić information content (AvgIpc) is 3.25. The van der Waals surface area contributed by atoms with Crippen molar-refractivity contribution >= 4 is 27.3 Å². The summed E-state index contributed by atoms with van der Waals surface area (Å²) in [5.41, 5.74) is 5.18. The molecule has 7 heteroatoms. The molecule has 3 rings (SSSR count). The fraction of sp³-hybridized carbons (Fsp3) is 0.571. The van der Waals surface area contributed by atoms with Crippen molar-refractivity contribution in [3.8, 4) is 0 Å². The van der Waals surface area contributed by atoms with Gasteiger partial charge in [0.2, 0.25) is 10.0 Å². The van der Waals surface area contributed by atoms with Gasteiger partial charge in [-0.3, -0.25) is 0 Å². The molecule has 0 aromatic heterocycles. The average molecular weight is 333 g/mol. The van der Waals surface area contributed by atoms with Crippen molar-refractivity contribution < 1.29 is 12.8 Å². The lowest BCUT2D eigenvalue weighted by Gasteiger charge is -2.17. The molecule has 0 bridgehead atoms. The predicted molar refractivity (Wildman–Crippen MR) is 79.9 cm³/mol. The Balaban J connectivity index is 1.77. The first-order chi connectivity index (χ1) is 9.88. The largest absolute Gasteiger partial charge is 0.396 e. The van der Waals surface area contributed by atoms with Crippen LogP contribution in [0, 0.1) is 23.6 Å². The van der Waals surface area contributed by atoms with Crippen molar-refractivity contribution in [2.45, 2.75) is 30.6 Å². The fourth-order valence-corrected chi connectivity index (χ4v) is 4.33. The predicted octanol–water partition coefficient (Wildman–Crippen LogP) is 2.78. The van der Waals surface area contributed by atoms with Crippen LogP contribution in [-0.4, -0.2) is 15.0 Å². The molecule has 0 unspecified atom stereocenters. The van der Waals surface area contributed by atoms with Crippen LogP contribution in [-0.2, 0) is 10.0 Å². The molecule has 1 aromatic rings. The third kappa shape index (κ3) is 3.33. The Kier molecular flexibility index (Phi) is 3.88. The van der Waals surface area contributed by atoms with Crippen LogP contribution in [0.15, 0.2) is 17.0 Å². The Bertz CT molecular complexity index is 645. The molecule has 2 aliphatic rings. The third-order valence-electron chi connectivity index (χ3n) is 4.29. The summed E-state index contributed by atoms with van der Waals surface area (Å²) >= 11 is 5.77. The Labute approximate surface area is 128 Å². The maximum atomic E-state index is 13.9. The van der Waals surface area contributed by atoms with Crippen LogP contribution in [0.1, 0.15) is 25.7 Å². The van der Waals surface area contributed by atoms with E-state index in [4.69, 9.17) is 17.3 Å². The molecule has 0 amide bonds. The van der Waals surface area contributed by atoms with Crippen LogP contribution in [0.4, 0.5) is 10.1 Å². The molecule has 0 heterocycles. The summed E-state index contributed by atoms with van der Waals surface area (Å²) < 4.78 is 41.0. The molecule has 2 fully saturated rings. The van der Waals surface area contributed by atoms with E-state index < -0.39 is 20.7 Å². The van der Waals surface area contributed by atoms with Crippen LogP contribution >= 0.6 is 11.6 Å². The summed E-state index contributed by atoms with van der Waals surface area (Å²) in [7, 11) is -3.93. The molecule has 0 atom stereocenters. The highest BCUT2D eigenvalue weighted by Crippen LogP contribution is 2.48. The number of nitrogens with one attached hydrogen (secondary N) is 1. The van der Waals surface area contributed by atoms with Crippen molar-refractivity contribution in [3.63, 3.8) is 0 Å². The lowest BCUT2D eigenvalue weighted by atomic mass is 9.99. The van der Waals surface area contributed by atoms with Gasteiger partial charge in [-0.05, 0) is 55.6 Å². The minimum atomic E-state index is -3.93. The molecule has 3 N–H and O–H groups in total. The summed E-state index contributed by atoms with van der Waals surface area (Å²) in [6.07, 6.45) is 4.67. The van der Waals surface area contributed by atoms with Gasteiger partial charge in [-0.1, -0.05) is 11.6 Å². The summed E-state index contributed by atoms with van der Waals surface area (Å²) in [4.78, 5) is -0.474. The third-order valence-corrected chi connectivity index (χ3v) is 5.93. The molecule has 0 spiro atoms. The Morgan fingerprint density at radius 3 is 2.38 bits per heavy atom. The Morgan fingerprint density at radius 2 is 1.86 bits per heavy atom.